The third-order valence-corrected chi connectivity index (χ3v) is 6.94. The summed E-state index contributed by atoms with van der Waals surface area (Å²) in [6, 6.07) is 0. The van der Waals surface area contributed by atoms with Gasteiger partial charge in [-0.2, -0.15) is 0 Å². The van der Waals surface area contributed by atoms with E-state index in [1.807, 2.05) is 0 Å². The number of nitro groups is 1. The van der Waals surface area contributed by atoms with E-state index in [9.17, 15) is 19.7 Å². The highest BCUT2D eigenvalue weighted by atomic mass is 16.7. The molecule has 222 valence electrons. The molecular weight excluding hydrogens is 498 g/mol. The van der Waals surface area contributed by atoms with Gasteiger partial charge < -0.3 is 14.2 Å². The van der Waals surface area contributed by atoms with Crippen LogP contribution in [-0.4, -0.2) is 29.8 Å². The average molecular weight is 550 g/mol. The molecule has 0 spiro atoms. The van der Waals surface area contributed by atoms with Gasteiger partial charge in [0.1, 0.15) is 11.9 Å². The quantitative estimate of drug-likeness (QED) is 0.0574. The normalized spacial score (nSPS) is 14.5. The first-order chi connectivity index (χ1) is 18.9. The van der Waals surface area contributed by atoms with Crippen LogP contribution in [0.2, 0.25) is 0 Å². The van der Waals surface area contributed by atoms with Gasteiger partial charge in [-0.05, 0) is 69.1 Å². The van der Waals surface area contributed by atoms with Crippen LogP contribution in [0.15, 0.2) is 35.8 Å². The van der Waals surface area contributed by atoms with Crippen LogP contribution in [0.5, 0.6) is 0 Å². The zero-order chi connectivity index (χ0) is 28.7. The molecule has 8 nitrogen and oxygen atoms in total. The monoisotopic (exact) mass is 549 g/mol. The fraction of sp³-hybridized carbons (Fsp3) is 0.742. The van der Waals surface area contributed by atoms with E-state index >= 15 is 0 Å². The van der Waals surface area contributed by atoms with E-state index in [0.717, 1.165) is 51.4 Å². The lowest BCUT2D eigenvalue weighted by atomic mass is 9.96. The number of unbranched alkanes of at least 4 members (excludes halogenated alkanes) is 7. The molecule has 39 heavy (non-hydrogen) atoms. The number of carbonyl (C=O) groups is 2. The van der Waals surface area contributed by atoms with Crippen LogP contribution >= 0.6 is 0 Å². The number of allylic oxidation sites excluding steroid dienone is 4. The van der Waals surface area contributed by atoms with E-state index < -0.39 is 11.1 Å². The minimum Gasteiger partial charge on any atom is -0.465 e. The number of hydrogen-bond acceptors (Lipinski definition) is 7. The highest BCUT2D eigenvalue weighted by Crippen LogP contribution is 2.20. The van der Waals surface area contributed by atoms with Gasteiger partial charge in [-0.3, -0.25) is 14.9 Å². The van der Waals surface area contributed by atoms with E-state index in [1.54, 1.807) is 6.08 Å². The molecule has 2 unspecified atom stereocenters. The van der Waals surface area contributed by atoms with E-state index in [0.29, 0.717) is 38.2 Å². The Bertz CT molecular complexity index is 803. The minimum absolute atomic E-state index is 0.0490. The average Bonchev–Trinajstić information content (AvgIpc) is 3.15. The van der Waals surface area contributed by atoms with Gasteiger partial charge in [0.15, 0.2) is 0 Å². The topological polar surface area (TPSA) is 105 Å². The van der Waals surface area contributed by atoms with Gasteiger partial charge in [0, 0.05) is 12.5 Å². The van der Waals surface area contributed by atoms with Crippen LogP contribution in [0, 0.1) is 16.0 Å². The van der Waals surface area contributed by atoms with Crippen LogP contribution in [0.3, 0.4) is 0 Å². The molecule has 0 aliphatic heterocycles. The standard InChI is InChI=1S/C31H51NO7/c1-4-7-10-12-17-26(16-9-6-3)25-37-30(33)22-15-21-28(19-13-11-8-5-2)38-31(34)39-29-20-14-18-27(23-24-29)32(35)36/h18,20,23-24,26,28H,4-17,19,21-22,25H2,1-3H3. The molecule has 0 radical (unpaired) electrons. The number of hydrogen-bond donors (Lipinski definition) is 0. The first-order valence-corrected chi connectivity index (χ1v) is 15.2. The molecule has 0 saturated carbocycles. The molecular formula is C31H51NO7. The molecule has 1 aliphatic carbocycles. The van der Waals surface area contributed by atoms with Gasteiger partial charge >= 0.3 is 12.1 Å². The summed E-state index contributed by atoms with van der Waals surface area (Å²) in [5.41, 5.74) is -0.0490. The SMILES string of the molecule is CCCCCCC(CCCC)COC(=O)CCCC(CCCCCC)OC(=O)OC1=CCC=C([N+](=O)[O-])C=C1. The van der Waals surface area contributed by atoms with Crippen molar-refractivity contribution in [3.8, 4) is 0 Å². The first-order valence-electron chi connectivity index (χ1n) is 15.2. The van der Waals surface area contributed by atoms with Crippen molar-refractivity contribution in [2.75, 3.05) is 6.61 Å². The summed E-state index contributed by atoms with van der Waals surface area (Å²) in [6.45, 7) is 7.02. The Kier molecular flexibility index (Phi) is 19.6. The van der Waals surface area contributed by atoms with Crippen LogP contribution in [0.1, 0.15) is 130 Å². The van der Waals surface area contributed by atoms with Crippen molar-refractivity contribution < 1.29 is 28.7 Å². The molecule has 0 bridgehead atoms. The van der Waals surface area contributed by atoms with E-state index in [-0.39, 0.29) is 30.0 Å². The lowest BCUT2D eigenvalue weighted by Gasteiger charge is -2.18. The Labute approximate surface area is 235 Å². The lowest BCUT2D eigenvalue weighted by molar-refractivity contribution is -0.419. The van der Waals surface area contributed by atoms with Crippen molar-refractivity contribution in [3.05, 3.63) is 45.9 Å². The van der Waals surface area contributed by atoms with Crippen molar-refractivity contribution in [1.82, 2.24) is 0 Å². The van der Waals surface area contributed by atoms with Gasteiger partial charge in [-0.15, -0.1) is 0 Å². The largest absolute Gasteiger partial charge is 0.514 e. The summed E-state index contributed by atoms with van der Waals surface area (Å²) in [5, 5.41) is 11.0. The molecule has 1 aliphatic rings. The third-order valence-electron chi connectivity index (χ3n) is 6.94. The molecule has 1 rings (SSSR count). The second-order valence-electron chi connectivity index (χ2n) is 10.4. The van der Waals surface area contributed by atoms with E-state index in [4.69, 9.17) is 14.2 Å². The molecule has 8 heteroatoms. The zero-order valence-corrected chi connectivity index (χ0v) is 24.5. The zero-order valence-electron chi connectivity index (χ0n) is 24.5. The Morgan fingerprint density at radius 1 is 0.846 bits per heavy atom. The Morgan fingerprint density at radius 3 is 2.15 bits per heavy atom. The molecule has 0 heterocycles. The summed E-state index contributed by atoms with van der Waals surface area (Å²) >= 11 is 0. The third kappa shape index (κ3) is 17.5. The second-order valence-corrected chi connectivity index (χ2v) is 10.4. The molecule has 0 aromatic carbocycles. The summed E-state index contributed by atoms with van der Waals surface area (Å²) in [5.74, 6) is 0.452. The molecule has 0 saturated heterocycles. The minimum atomic E-state index is -0.833. The lowest BCUT2D eigenvalue weighted by Crippen LogP contribution is -2.20. The predicted molar refractivity (Wildman–Crippen MR) is 154 cm³/mol. The van der Waals surface area contributed by atoms with Crippen LogP contribution in [0.4, 0.5) is 4.79 Å². The maximum Gasteiger partial charge on any atom is 0.514 e. The molecule has 0 aromatic heterocycles. The number of ether oxygens (including phenoxy) is 3. The van der Waals surface area contributed by atoms with Gasteiger partial charge in [-0.25, -0.2) is 4.79 Å². The van der Waals surface area contributed by atoms with Crippen molar-refractivity contribution in [1.29, 1.82) is 0 Å². The summed E-state index contributed by atoms with van der Waals surface area (Å²) in [6.07, 6.45) is 20.5. The van der Waals surface area contributed by atoms with E-state index in [1.165, 1.54) is 43.9 Å². The second kappa shape index (κ2) is 22.2. The van der Waals surface area contributed by atoms with Gasteiger partial charge in [0.25, 0.3) is 5.70 Å². The highest BCUT2D eigenvalue weighted by Gasteiger charge is 2.19. The van der Waals surface area contributed by atoms with Crippen molar-refractivity contribution in [2.24, 2.45) is 5.92 Å². The van der Waals surface area contributed by atoms with Crippen molar-refractivity contribution in [3.63, 3.8) is 0 Å². The molecule has 0 aromatic rings. The summed E-state index contributed by atoms with van der Waals surface area (Å²) in [4.78, 5) is 35.4. The molecule has 0 amide bonds. The number of nitrogens with zero attached hydrogens (tertiary/aromatic N) is 1. The molecule has 0 fully saturated rings. The number of esters is 1. The van der Waals surface area contributed by atoms with Crippen LogP contribution < -0.4 is 0 Å². The fourth-order valence-electron chi connectivity index (χ4n) is 4.55. The Hall–Kier alpha value is -2.64. The highest BCUT2D eigenvalue weighted by molar-refractivity contribution is 5.69. The van der Waals surface area contributed by atoms with Gasteiger partial charge in [0.2, 0.25) is 0 Å². The maximum atomic E-state index is 12.5. The van der Waals surface area contributed by atoms with Gasteiger partial charge in [0.05, 0.1) is 11.5 Å². The summed E-state index contributed by atoms with van der Waals surface area (Å²) in [7, 11) is 0. The Balaban J connectivity index is 2.51. The van der Waals surface area contributed by atoms with Crippen LogP contribution in [0.25, 0.3) is 0 Å². The smallest absolute Gasteiger partial charge is 0.465 e. The Morgan fingerprint density at radius 2 is 1.49 bits per heavy atom. The summed E-state index contributed by atoms with van der Waals surface area (Å²) < 4.78 is 16.5. The fourth-order valence-corrected chi connectivity index (χ4v) is 4.55. The first kappa shape index (κ1) is 34.4. The number of carbonyl (C=O) groups excluding carboxylic acids is 2. The molecule has 0 N–H and O–H groups in total. The van der Waals surface area contributed by atoms with Gasteiger partial charge in [-0.1, -0.05) is 78.6 Å². The number of rotatable bonds is 22. The molecule has 2 atom stereocenters. The van der Waals surface area contributed by atoms with Crippen molar-refractivity contribution in [2.45, 2.75) is 136 Å². The van der Waals surface area contributed by atoms with Crippen molar-refractivity contribution >= 4 is 12.1 Å². The van der Waals surface area contributed by atoms with Crippen LogP contribution in [-0.2, 0) is 19.0 Å². The predicted octanol–water partition coefficient (Wildman–Crippen LogP) is 8.97. The van der Waals surface area contributed by atoms with E-state index in [2.05, 4.69) is 20.8 Å². The maximum absolute atomic E-state index is 12.5.